The van der Waals surface area contributed by atoms with E-state index in [1.54, 1.807) is 17.1 Å². The second-order valence-electron chi connectivity index (χ2n) is 12.2. The highest BCUT2D eigenvalue weighted by molar-refractivity contribution is 6.05. The molecule has 0 aromatic heterocycles. The molecular weight excluding hydrogens is 544 g/mol. The monoisotopic (exact) mass is 586 g/mol. The molecule has 3 saturated heterocycles. The van der Waals surface area contributed by atoms with Crippen LogP contribution in [0.25, 0.3) is 0 Å². The molecule has 0 saturated carbocycles. The molecule has 3 aliphatic heterocycles. The van der Waals surface area contributed by atoms with E-state index in [-0.39, 0.29) is 25.0 Å². The summed E-state index contributed by atoms with van der Waals surface area (Å²) in [5, 5.41) is 10.7. The van der Waals surface area contributed by atoms with Crippen molar-refractivity contribution in [3.63, 3.8) is 0 Å². The number of ether oxygens (including phenoxy) is 2. The van der Waals surface area contributed by atoms with Gasteiger partial charge in [-0.1, -0.05) is 54.6 Å². The summed E-state index contributed by atoms with van der Waals surface area (Å²) < 4.78 is 12.5. The van der Waals surface area contributed by atoms with E-state index in [1.807, 2.05) is 69.3 Å². The summed E-state index contributed by atoms with van der Waals surface area (Å²) in [5.41, 5.74) is 1.09. The Hall–Kier alpha value is -3.75. The molecule has 3 heterocycles. The first kappa shape index (κ1) is 30.7. The lowest BCUT2D eigenvalue weighted by molar-refractivity contribution is -0.160. The van der Waals surface area contributed by atoms with Crippen molar-refractivity contribution >= 4 is 23.5 Å². The maximum absolute atomic E-state index is 15.0. The van der Waals surface area contributed by atoms with E-state index in [2.05, 4.69) is 13.2 Å². The minimum atomic E-state index is -1.26. The smallest absolute Gasteiger partial charge is 0.312 e. The number of benzene rings is 2. The van der Waals surface area contributed by atoms with Crippen LogP contribution in [0.4, 0.5) is 5.69 Å². The van der Waals surface area contributed by atoms with Gasteiger partial charge < -0.3 is 24.4 Å². The summed E-state index contributed by atoms with van der Waals surface area (Å²) in [6.07, 6.45) is 5.69. The van der Waals surface area contributed by atoms with Gasteiger partial charge in [0.25, 0.3) is 5.91 Å². The van der Waals surface area contributed by atoms with Crippen molar-refractivity contribution in [1.29, 1.82) is 0 Å². The Bertz CT molecular complexity index is 1410. The van der Waals surface area contributed by atoms with Gasteiger partial charge in [0.05, 0.1) is 30.8 Å². The summed E-state index contributed by atoms with van der Waals surface area (Å²) >= 11 is 0. The summed E-state index contributed by atoms with van der Waals surface area (Å²) in [4.78, 5) is 46.4. The molecule has 2 aromatic carbocycles. The van der Waals surface area contributed by atoms with Crippen LogP contribution in [-0.4, -0.2) is 64.8 Å². The number of carbonyl (C=O) groups excluding carboxylic acids is 3. The number of rotatable bonds is 12. The largest absolute Gasteiger partial charge is 0.465 e. The first-order chi connectivity index (χ1) is 20.6. The standard InChI is InChI=1S/C35H42N2O6/c1-6-8-12-20-42-33(41)29-28-31(39)37(27(22-38)25-13-10-9-11-14-25)30(35(28)18-17-34(29,5)43-35)32(40)36(19-7-2)26-21-23(3)15-16-24(26)4/h6-7,9-11,13-16,21,27-30,38H,1-2,8,12,17-20,22H2,3-5H3/t27-,28+,29+,30?,34-,35?/m1/s1. The first-order valence-corrected chi connectivity index (χ1v) is 15.1. The minimum absolute atomic E-state index is 0.209. The molecule has 2 aromatic rings. The number of fused-ring (bicyclic) bond motifs is 1. The van der Waals surface area contributed by atoms with Gasteiger partial charge in [-0.3, -0.25) is 14.4 Å². The van der Waals surface area contributed by atoms with Crippen LogP contribution in [0.5, 0.6) is 0 Å². The molecule has 43 heavy (non-hydrogen) atoms. The van der Waals surface area contributed by atoms with Gasteiger partial charge in [0.1, 0.15) is 17.6 Å². The van der Waals surface area contributed by atoms with E-state index < -0.39 is 47.7 Å². The molecule has 6 atom stereocenters. The van der Waals surface area contributed by atoms with Crippen LogP contribution < -0.4 is 4.90 Å². The lowest BCUT2D eigenvalue weighted by Crippen LogP contribution is -2.57. The molecular formula is C35H42N2O6. The first-order valence-electron chi connectivity index (χ1n) is 15.1. The van der Waals surface area contributed by atoms with Crippen LogP contribution in [-0.2, 0) is 23.9 Å². The molecule has 3 fully saturated rings. The second-order valence-corrected chi connectivity index (χ2v) is 12.2. The molecule has 5 rings (SSSR count). The Morgan fingerprint density at radius 3 is 2.58 bits per heavy atom. The van der Waals surface area contributed by atoms with E-state index in [4.69, 9.17) is 9.47 Å². The Kier molecular flexibility index (Phi) is 8.63. The zero-order valence-corrected chi connectivity index (χ0v) is 25.3. The fourth-order valence-electron chi connectivity index (χ4n) is 7.45. The van der Waals surface area contributed by atoms with Crippen molar-refractivity contribution in [2.24, 2.45) is 11.8 Å². The highest BCUT2D eigenvalue weighted by Gasteiger charge is 2.79. The number of allylic oxidation sites excluding steroid dienone is 1. The van der Waals surface area contributed by atoms with Crippen LogP contribution in [0.15, 0.2) is 73.8 Å². The minimum Gasteiger partial charge on any atom is -0.465 e. The molecule has 8 nitrogen and oxygen atoms in total. The Morgan fingerprint density at radius 1 is 1.16 bits per heavy atom. The number of aliphatic hydroxyl groups excluding tert-OH is 1. The number of hydrogen-bond acceptors (Lipinski definition) is 6. The van der Waals surface area contributed by atoms with Crippen molar-refractivity contribution < 1.29 is 29.0 Å². The van der Waals surface area contributed by atoms with Crippen molar-refractivity contribution in [2.45, 2.75) is 69.7 Å². The molecule has 0 aliphatic carbocycles. The molecule has 8 heteroatoms. The number of nitrogens with zero attached hydrogens (tertiary/aromatic N) is 2. The van der Waals surface area contributed by atoms with Crippen LogP contribution >= 0.6 is 0 Å². The number of unbranched alkanes of at least 4 members (excludes halogenated alkanes) is 1. The third kappa shape index (κ3) is 5.10. The van der Waals surface area contributed by atoms with Crippen LogP contribution in [0.2, 0.25) is 0 Å². The second kappa shape index (κ2) is 12.1. The van der Waals surface area contributed by atoms with Crippen molar-refractivity contribution in [3.8, 4) is 0 Å². The lowest BCUT2D eigenvalue weighted by atomic mass is 9.66. The zero-order valence-electron chi connectivity index (χ0n) is 25.3. The third-order valence-electron chi connectivity index (χ3n) is 9.43. The van der Waals surface area contributed by atoms with Gasteiger partial charge in [0, 0.05) is 12.2 Å². The highest BCUT2D eigenvalue weighted by atomic mass is 16.6. The predicted octanol–water partition coefficient (Wildman–Crippen LogP) is 4.83. The molecule has 2 unspecified atom stereocenters. The number of carbonyl (C=O) groups is 3. The summed E-state index contributed by atoms with van der Waals surface area (Å²) in [5.74, 6) is -2.99. The predicted molar refractivity (Wildman–Crippen MR) is 164 cm³/mol. The average molecular weight is 587 g/mol. The number of aryl methyl sites for hydroxylation is 2. The van der Waals surface area contributed by atoms with Crippen molar-refractivity contribution in [1.82, 2.24) is 4.90 Å². The van der Waals surface area contributed by atoms with Gasteiger partial charge in [0.15, 0.2) is 0 Å². The summed E-state index contributed by atoms with van der Waals surface area (Å²) in [7, 11) is 0. The summed E-state index contributed by atoms with van der Waals surface area (Å²) in [6.45, 7) is 13.4. The van der Waals surface area contributed by atoms with Crippen LogP contribution in [0.3, 0.4) is 0 Å². The molecule has 2 amide bonds. The number of esters is 1. The molecule has 1 N–H and O–H groups in total. The highest BCUT2D eigenvalue weighted by Crippen LogP contribution is 2.64. The molecule has 228 valence electrons. The van der Waals surface area contributed by atoms with Gasteiger partial charge >= 0.3 is 5.97 Å². The quantitative estimate of drug-likeness (QED) is 0.218. The normalized spacial score (nSPS) is 28.0. The van der Waals surface area contributed by atoms with E-state index >= 15 is 0 Å². The molecule has 0 radical (unpaired) electrons. The molecule has 1 spiro atoms. The van der Waals surface area contributed by atoms with Crippen molar-refractivity contribution in [2.75, 3.05) is 24.7 Å². The fourth-order valence-corrected chi connectivity index (χ4v) is 7.45. The number of amides is 2. The van der Waals surface area contributed by atoms with Crippen molar-refractivity contribution in [3.05, 3.63) is 90.5 Å². The summed E-state index contributed by atoms with van der Waals surface area (Å²) in [6, 6.07) is 13.2. The zero-order chi connectivity index (χ0) is 30.9. The maximum Gasteiger partial charge on any atom is 0.312 e. The third-order valence-corrected chi connectivity index (χ3v) is 9.43. The van der Waals surface area contributed by atoms with Gasteiger partial charge in [0.2, 0.25) is 5.91 Å². The van der Waals surface area contributed by atoms with Gasteiger partial charge in [-0.2, -0.15) is 0 Å². The van der Waals surface area contributed by atoms with Gasteiger partial charge in [-0.25, -0.2) is 0 Å². The van der Waals surface area contributed by atoms with Crippen LogP contribution in [0.1, 0.15) is 55.3 Å². The lowest BCUT2D eigenvalue weighted by Gasteiger charge is -2.40. The Morgan fingerprint density at radius 2 is 1.91 bits per heavy atom. The Labute approximate surface area is 254 Å². The SMILES string of the molecule is C=CCCCOC(=O)[C@@H]1[C@H]2C(=O)N([C@H](CO)c3ccccc3)C(C(=O)N(CC=C)c3cc(C)ccc3C)C23CC[C@@]1(C)O3. The van der Waals surface area contributed by atoms with Gasteiger partial charge in [-0.05, 0) is 69.2 Å². The van der Waals surface area contributed by atoms with Gasteiger partial charge in [-0.15, -0.1) is 13.2 Å². The maximum atomic E-state index is 15.0. The number of anilines is 1. The van der Waals surface area contributed by atoms with E-state index in [0.717, 1.165) is 11.1 Å². The Balaban J connectivity index is 1.63. The number of aliphatic hydroxyl groups is 1. The molecule has 3 aliphatic rings. The average Bonchev–Trinajstić information content (AvgIpc) is 3.57. The van der Waals surface area contributed by atoms with E-state index in [9.17, 15) is 19.5 Å². The number of likely N-dealkylation sites (tertiary alicyclic amines) is 1. The topological polar surface area (TPSA) is 96.4 Å². The van der Waals surface area contributed by atoms with Crippen LogP contribution in [0, 0.1) is 25.7 Å². The fraction of sp³-hybridized carbons (Fsp3) is 0.457. The van der Waals surface area contributed by atoms with E-state index in [1.165, 1.54) is 4.90 Å². The number of hydrogen-bond donors (Lipinski definition) is 1. The molecule has 2 bridgehead atoms. The van der Waals surface area contributed by atoms with E-state index in [0.29, 0.717) is 36.9 Å².